The van der Waals surface area contributed by atoms with Crippen LogP contribution in [0.25, 0.3) is 0 Å². The van der Waals surface area contributed by atoms with Gasteiger partial charge in [0, 0.05) is 18.1 Å². The second kappa shape index (κ2) is 3.14. The molecule has 0 aromatic heterocycles. The molecule has 1 amide bonds. The predicted molar refractivity (Wildman–Crippen MR) is 54.3 cm³/mol. The van der Waals surface area contributed by atoms with Crippen LogP contribution in [0.4, 0.5) is 0 Å². The van der Waals surface area contributed by atoms with E-state index in [1.807, 2.05) is 19.2 Å². The number of likely N-dealkylation sites (N-methyl/N-ethyl adjacent to an activating group) is 1. The van der Waals surface area contributed by atoms with Gasteiger partial charge in [0.25, 0.3) is 0 Å². The highest BCUT2D eigenvalue weighted by Gasteiger charge is 2.20. The molecule has 1 aromatic carbocycles. The van der Waals surface area contributed by atoms with Crippen molar-refractivity contribution in [2.75, 3.05) is 7.05 Å². The lowest BCUT2D eigenvalue weighted by molar-refractivity contribution is -0.130. The van der Waals surface area contributed by atoms with Crippen LogP contribution in [-0.2, 0) is 17.8 Å². The summed E-state index contributed by atoms with van der Waals surface area (Å²) in [4.78, 5) is 13.2. The van der Waals surface area contributed by atoms with E-state index in [9.17, 15) is 4.79 Å². The number of hydrogen-bond donors (Lipinski definition) is 0. The Morgan fingerprint density at radius 1 is 1.46 bits per heavy atom. The molecule has 0 spiro atoms. The monoisotopic (exact) mass is 239 g/mol. The summed E-state index contributed by atoms with van der Waals surface area (Å²) >= 11 is 3.46. The van der Waals surface area contributed by atoms with Gasteiger partial charge < -0.3 is 4.90 Å². The minimum Gasteiger partial charge on any atom is -0.341 e. The van der Waals surface area contributed by atoms with Crippen molar-refractivity contribution in [3.05, 3.63) is 33.8 Å². The Labute approximate surface area is 85.7 Å². The zero-order valence-electron chi connectivity index (χ0n) is 7.38. The van der Waals surface area contributed by atoms with Crippen molar-refractivity contribution in [3.63, 3.8) is 0 Å². The minimum absolute atomic E-state index is 0.194. The number of fused-ring (bicyclic) bond motifs is 1. The van der Waals surface area contributed by atoms with Crippen LogP contribution < -0.4 is 0 Å². The number of amides is 1. The topological polar surface area (TPSA) is 20.3 Å². The highest BCUT2D eigenvalue weighted by Crippen LogP contribution is 2.25. The van der Waals surface area contributed by atoms with E-state index in [4.69, 9.17) is 0 Å². The maximum absolute atomic E-state index is 11.4. The van der Waals surface area contributed by atoms with Crippen LogP contribution in [-0.4, -0.2) is 17.9 Å². The average Bonchev–Trinajstić information content (AvgIpc) is 2.09. The fourth-order valence-electron chi connectivity index (χ4n) is 1.58. The maximum Gasteiger partial charge on any atom is 0.227 e. The fraction of sp³-hybridized carbons (Fsp3) is 0.300. The van der Waals surface area contributed by atoms with Crippen LogP contribution in [0.5, 0.6) is 0 Å². The molecule has 1 aliphatic rings. The predicted octanol–water partition coefficient (Wildman–Crippen LogP) is 1.96. The number of benzene rings is 1. The highest BCUT2D eigenvalue weighted by atomic mass is 79.9. The molecule has 0 saturated carbocycles. The van der Waals surface area contributed by atoms with Crippen LogP contribution in [0, 0.1) is 0 Å². The number of nitrogens with zero attached hydrogens (tertiary/aromatic N) is 1. The van der Waals surface area contributed by atoms with Gasteiger partial charge in [-0.05, 0) is 17.2 Å². The normalized spacial score (nSPS) is 15.8. The number of rotatable bonds is 0. The van der Waals surface area contributed by atoms with E-state index in [2.05, 4.69) is 22.0 Å². The van der Waals surface area contributed by atoms with Gasteiger partial charge in [-0.3, -0.25) is 4.79 Å². The largest absolute Gasteiger partial charge is 0.341 e. The quantitative estimate of drug-likeness (QED) is 0.678. The Morgan fingerprint density at radius 3 is 3.00 bits per heavy atom. The number of carbonyl (C=O) groups is 1. The van der Waals surface area contributed by atoms with Crippen molar-refractivity contribution >= 4 is 21.8 Å². The molecule has 0 atom stereocenters. The standard InChI is InChI=1S/C10H10BrNO/c1-12-6-7-3-2-4-9(11)8(7)5-10(12)13/h2-4H,5-6H2,1H3. The molecule has 1 heterocycles. The van der Waals surface area contributed by atoms with Crippen LogP contribution in [0.15, 0.2) is 22.7 Å². The van der Waals surface area contributed by atoms with E-state index >= 15 is 0 Å². The Bertz CT molecular complexity index is 362. The van der Waals surface area contributed by atoms with Gasteiger partial charge in [-0.25, -0.2) is 0 Å². The first-order valence-corrected chi connectivity index (χ1v) is 4.98. The first-order valence-electron chi connectivity index (χ1n) is 4.18. The van der Waals surface area contributed by atoms with E-state index in [1.165, 1.54) is 5.56 Å². The zero-order valence-corrected chi connectivity index (χ0v) is 8.97. The molecule has 2 rings (SSSR count). The summed E-state index contributed by atoms with van der Waals surface area (Å²) in [5.41, 5.74) is 2.39. The van der Waals surface area contributed by atoms with Crippen molar-refractivity contribution in [1.29, 1.82) is 0 Å². The van der Waals surface area contributed by atoms with E-state index < -0.39 is 0 Å². The molecular weight excluding hydrogens is 230 g/mol. The summed E-state index contributed by atoms with van der Waals surface area (Å²) in [5.74, 6) is 0.194. The number of hydrogen-bond acceptors (Lipinski definition) is 1. The van der Waals surface area contributed by atoms with Crippen molar-refractivity contribution in [3.8, 4) is 0 Å². The fourth-order valence-corrected chi connectivity index (χ4v) is 2.13. The van der Waals surface area contributed by atoms with E-state index in [0.29, 0.717) is 6.42 Å². The van der Waals surface area contributed by atoms with Crippen molar-refractivity contribution in [2.24, 2.45) is 0 Å². The summed E-state index contributed by atoms with van der Waals surface area (Å²) in [6.07, 6.45) is 0.521. The van der Waals surface area contributed by atoms with Gasteiger partial charge >= 0.3 is 0 Å². The third-order valence-electron chi connectivity index (χ3n) is 2.38. The number of carbonyl (C=O) groups excluding carboxylic acids is 1. The maximum atomic E-state index is 11.4. The van der Waals surface area contributed by atoms with E-state index in [-0.39, 0.29) is 5.91 Å². The van der Waals surface area contributed by atoms with E-state index in [1.54, 1.807) is 4.90 Å². The summed E-state index contributed by atoms with van der Waals surface area (Å²) in [7, 11) is 1.84. The molecule has 0 unspecified atom stereocenters. The summed E-state index contributed by atoms with van der Waals surface area (Å²) in [6, 6.07) is 6.06. The SMILES string of the molecule is CN1Cc2cccc(Br)c2CC1=O. The molecular formula is C10H10BrNO. The lowest BCUT2D eigenvalue weighted by atomic mass is 10.00. The Kier molecular flexibility index (Phi) is 2.12. The van der Waals surface area contributed by atoms with Gasteiger partial charge in [-0.2, -0.15) is 0 Å². The zero-order chi connectivity index (χ0) is 9.42. The molecule has 0 fully saturated rings. The van der Waals surface area contributed by atoms with Crippen molar-refractivity contribution < 1.29 is 4.79 Å². The van der Waals surface area contributed by atoms with E-state index in [0.717, 1.165) is 16.6 Å². The molecule has 0 radical (unpaired) electrons. The van der Waals surface area contributed by atoms with Crippen molar-refractivity contribution in [2.45, 2.75) is 13.0 Å². The molecule has 0 N–H and O–H groups in total. The third-order valence-corrected chi connectivity index (χ3v) is 3.12. The van der Waals surface area contributed by atoms with Gasteiger partial charge in [0.2, 0.25) is 5.91 Å². The van der Waals surface area contributed by atoms with Gasteiger partial charge in [-0.15, -0.1) is 0 Å². The van der Waals surface area contributed by atoms with Gasteiger partial charge in [0.1, 0.15) is 0 Å². The molecule has 1 aromatic rings. The number of halogens is 1. The van der Waals surface area contributed by atoms with Gasteiger partial charge in [-0.1, -0.05) is 28.1 Å². The third kappa shape index (κ3) is 1.48. The smallest absolute Gasteiger partial charge is 0.227 e. The average molecular weight is 240 g/mol. The molecule has 13 heavy (non-hydrogen) atoms. The molecule has 0 bridgehead atoms. The molecule has 3 heteroatoms. The summed E-state index contributed by atoms with van der Waals surface area (Å²) in [5, 5.41) is 0. The molecule has 68 valence electrons. The van der Waals surface area contributed by atoms with Gasteiger partial charge in [0.05, 0.1) is 6.42 Å². The molecule has 0 saturated heterocycles. The lowest BCUT2D eigenvalue weighted by Crippen LogP contribution is -2.32. The second-order valence-electron chi connectivity index (χ2n) is 3.30. The van der Waals surface area contributed by atoms with Crippen LogP contribution in [0.1, 0.15) is 11.1 Å². The minimum atomic E-state index is 0.194. The summed E-state index contributed by atoms with van der Waals surface area (Å²) < 4.78 is 1.05. The van der Waals surface area contributed by atoms with Crippen molar-refractivity contribution in [1.82, 2.24) is 4.90 Å². The molecule has 2 nitrogen and oxygen atoms in total. The van der Waals surface area contributed by atoms with Crippen LogP contribution in [0.3, 0.4) is 0 Å². The van der Waals surface area contributed by atoms with Crippen LogP contribution in [0.2, 0.25) is 0 Å². The first-order chi connectivity index (χ1) is 6.18. The molecule has 1 aliphatic heterocycles. The summed E-state index contributed by atoms with van der Waals surface area (Å²) in [6.45, 7) is 0.730. The highest BCUT2D eigenvalue weighted by molar-refractivity contribution is 9.10. The lowest BCUT2D eigenvalue weighted by Gasteiger charge is -2.25. The van der Waals surface area contributed by atoms with Gasteiger partial charge in [0.15, 0.2) is 0 Å². The second-order valence-corrected chi connectivity index (χ2v) is 4.16. The molecule has 0 aliphatic carbocycles. The Hall–Kier alpha value is -0.830. The van der Waals surface area contributed by atoms with Crippen LogP contribution >= 0.6 is 15.9 Å². The Morgan fingerprint density at radius 2 is 2.23 bits per heavy atom. The first kappa shape index (κ1) is 8.75. The Balaban J connectivity index is 2.48.